The van der Waals surface area contributed by atoms with Gasteiger partial charge in [-0.2, -0.15) is 0 Å². The Bertz CT molecular complexity index is 1680. The second-order valence-corrected chi connectivity index (χ2v) is 20.0. The predicted molar refractivity (Wildman–Crippen MR) is 209 cm³/mol. The number of ether oxygens (including phenoxy) is 4. The summed E-state index contributed by atoms with van der Waals surface area (Å²) >= 11 is 0. The zero-order chi connectivity index (χ0) is 42.1. The third-order valence-corrected chi connectivity index (χ3v) is 14.1. The summed E-state index contributed by atoms with van der Waals surface area (Å²) in [6, 6.07) is 7.52. The maximum absolute atomic E-state index is 14.4. The zero-order valence-electron chi connectivity index (χ0n) is 35.6. The number of carbonyl (C=O) groups excluding carboxylic acids is 3. The summed E-state index contributed by atoms with van der Waals surface area (Å²) in [5.41, 5.74) is -5.23. The highest BCUT2D eigenvalue weighted by atomic mass is 16.6. The number of benzene rings is 1. The van der Waals surface area contributed by atoms with E-state index in [4.69, 9.17) is 18.9 Å². The van der Waals surface area contributed by atoms with Gasteiger partial charge in [0.25, 0.3) is 0 Å². The van der Waals surface area contributed by atoms with Crippen LogP contribution in [0.3, 0.4) is 0 Å². The van der Waals surface area contributed by atoms with Crippen LogP contribution in [0.4, 0.5) is 4.79 Å². The summed E-state index contributed by atoms with van der Waals surface area (Å²) in [5.74, 6) is -3.02. The summed E-state index contributed by atoms with van der Waals surface area (Å²) < 4.78 is 24.6. The normalized spacial score (nSPS) is 36.4. The number of nitrogens with one attached hydrogen (secondary N) is 1. The van der Waals surface area contributed by atoms with Crippen molar-refractivity contribution in [3.05, 3.63) is 47.0 Å². The van der Waals surface area contributed by atoms with Crippen LogP contribution in [0.1, 0.15) is 120 Å². The van der Waals surface area contributed by atoms with Gasteiger partial charge in [0.05, 0.1) is 42.1 Å². The van der Waals surface area contributed by atoms with E-state index in [1.165, 1.54) is 0 Å². The Kier molecular flexibility index (Phi) is 11.8. The smallest absolute Gasteiger partial charge is 0.407 e. The summed E-state index contributed by atoms with van der Waals surface area (Å²) in [5, 5.41) is 51.8. The minimum atomic E-state index is -1.78. The van der Waals surface area contributed by atoms with Crippen molar-refractivity contribution in [3.8, 4) is 0 Å². The molecule has 1 heterocycles. The molecule has 1 saturated heterocycles. The SMILES string of the molecule is CC1=C2[C@H](C)[C@H](O)[C@@]3(C)[C@H]([C@H](OC(=O)c4ccccc4)[C@](C(C)(C)O)(C[C@@H]1OC(=O)[C@H](O)[C@H](CC(C)C)NC(=O)OC(C)(C)C)C2(C)C)[C@]1(C)CO[C@@H]1C[C@@H]3O. The predicted octanol–water partition coefficient (Wildman–Crippen LogP) is 5.73. The molecule has 4 aliphatic rings. The fraction of sp³-hybridized carbons (Fsp3) is 0.750. The first kappa shape index (κ1) is 44.1. The molecule has 2 saturated carbocycles. The van der Waals surface area contributed by atoms with E-state index in [2.05, 4.69) is 5.32 Å². The van der Waals surface area contributed by atoms with Crippen LogP contribution in [-0.4, -0.2) is 98.9 Å². The number of esters is 2. The Labute approximate surface area is 332 Å². The molecule has 1 aromatic rings. The molecule has 314 valence electrons. The number of amides is 1. The van der Waals surface area contributed by atoms with Crippen LogP contribution >= 0.6 is 0 Å². The van der Waals surface area contributed by atoms with E-state index in [0.29, 0.717) is 16.7 Å². The first-order valence-corrected chi connectivity index (χ1v) is 20.2. The van der Waals surface area contributed by atoms with E-state index in [0.717, 1.165) is 0 Å². The second-order valence-electron chi connectivity index (χ2n) is 20.0. The molecule has 12 heteroatoms. The highest BCUT2D eigenvalue weighted by Gasteiger charge is 2.77. The van der Waals surface area contributed by atoms with Crippen molar-refractivity contribution in [3.63, 3.8) is 0 Å². The molecule has 3 aliphatic carbocycles. The van der Waals surface area contributed by atoms with E-state index in [9.17, 15) is 34.8 Å². The molecule has 1 aliphatic heterocycles. The lowest BCUT2D eigenvalue weighted by Crippen LogP contribution is -2.78. The van der Waals surface area contributed by atoms with Gasteiger partial charge in [-0.1, -0.05) is 72.2 Å². The van der Waals surface area contributed by atoms with E-state index in [-0.39, 0.29) is 31.8 Å². The summed E-state index contributed by atoms with van der Waals surface area (Å²) in [6.07, 6.45) is -6.94. The number of alkyl carbamates (subject to hydrolysis) is 1. The largest absolute Gasteiger partial charge is 0.458 e. The van der Waals surface area contributed by atoms with Crippen LogP contribution in [0, 0.1) is 39.4 Å². The third kappa shape index (κ3) is 7.20. The molecular weight excluding hydrogens is 718 g/mol. The van der Waals surface area contributed by atoms with Gasteiger partial charge in [0, 0.05) is 40.9 Å². The first-order chi connectivity index (χ1) is 25.6. The van der Waals surface area contributed by atoms with Gasteiger partial charge in [0.15, 0.2) is 6.10 Å². The Hall–Kier alpha value is -3.03. The first-order valence-electron chi connectivity index (χ1n) is 20.2. The van der Waals surface area contributed by atoms with Crippen LogP contribution < -0.4 is 5.32 Å². The molecule has 0 radical (unpaired) electrons. The topological polar surface area (TPSA) is 181 Å². The van der Waals surface area contributed by atoms with Crippen molar-refractivity contribution in [2.45, 2.75) is 163 Å². The van der Waals surface area contributed by atoms with Gasteiger partial charge in [0.2, 0.25) is 0 Å². The van der Waals surface area contributed by atoms with Crippen LogP contribution in [0.25, 0.3) is 0 Å². The molecular formula is C44H67NO11. The Morgan fingerprint density at radius 2 is 1.61 bits per heavy atom. The minimum Gasteiger partial charge on any atom is -0.458 e. The van der Waals surface area contributed by atoms with Gasteiger partial charge >= 0.3 is 18.0 Å². The average Bonchev–Trinajstić information content (AvgIpc) is 3.07. The number of rotatable bonds is 9. The van der Waals surface area contributed by atoms with Crippen LogP contribution in [0.5, 0.6) is 0 Å². The van der Waals surface area contributed by atoms with Crippen LogP contribution in [0.2, 0.25) is 0 Å². The maximum Gasteiger partial charge on any atom is 0.407 e. The van der Waals surface area contributed by atoms with Crippen LogP contribution in [-0.2, 0) is 23.7 Å². The van der Waals surface area contributed by atoms with Crippen molar-refractivity contribution in [2.75, 3.05) is 6.61 Å². The molecule has 1 aromatic carbocycles. The Balaban J connectivity index is 1.70. The van der Waals surface area contributed by atoms with Crippen molar-refractivity contribution in [1.82, 2.24) is 5.32 Å². The lowest BCUT2D eigenvalue weighted by atomic mass is 9.36. The van der Waals surface area contributed by atoms with Gasteiger partial charge in [0.1, 0.15) is 17.8 Å². The number of fused-ring (bicyclic) bond motifs is 5. The number of hydrogen-bond donors (Lipinski definition) is 5. The highest BCUT2D eigenvalue weighted by Crippen LogP contribution is 2.72. The lowest BCUT2D eigenvalue weighted by molar-refractivity contribution is -0.341. The summed E-state index contributed by atoms with van der Waals surface area (Å²) in [4.78, 5) is 41.4. The number of hydrogen-bond acceptors (Lipinski definition) is 11. The Morgan fingerprint density at radius 1 is 1.00 bits per heavy atom. The molecule has 12 nitrogen and oxygen atoms in total. The standard InChI is InChI=1S/C44H67NO11/c1-23(2)19-27(45-38(51)56-39(5,6)7)32(47)37(50)54-28-21-44(41(10,11)52)35(55-36(49)26-17-15-14-16-18-26)33-42(12)22-53-30(42)20-29(46)43(33,13)34(48)25(4)31(24(28)3)40(44,8)9/h14-18,23,25,27-30,32-35,46-48,52H,19-22H2,1-13H3,(H,45,51)/t25-,27-,28-,29-,30+,32+,33+,34-,35-,42+,43+,44+/m0/s1. The van der Waals surface area contributed by atoms with E-state index in [1.54, 1.807) is 65.0 Å². The van der Waals surface area contributed by atoms with Gasteiger partial charge in [-0.15, -0.1) is 0 Å². The van der Waals surface area contributed by atoms with E-state index >= 15 is 0 Å². The Morgan fingerprint density at radius 3 is 2.12 bits per heavy atom. The van der Waals surface area contributed by atoms with Gasteiger partial charge < -0.3 is 44.7 Å². The highest BCUT2D eigenvalue weighted by molar-refractivity contribution is 5.89. The van der Waals surface area contributed by atoms with Crippen molar-refractivity contribution in [2.24, 2.45) is 39.4 Å². The molecule has 5 N–H and O–H groups in total. The summed E-state index contributed by atoms with van der Waals surface area (Å²) in [6.45, 7) is 24.1. The molecule has 56 heavy (non-hydrogen) atoms. The van der Waals surface area contributed by atoms with E-state index < -0.39 is 105 Å². The molecule has 2 bridgehead atoms. The molecule has 0 aromatic heterocycles. The average molecular weight is 786 g/mol. The number of aliphatic hydroxyl groups excluding tert-OH is 3. The molecule has 0 unspecified atom stereocenters. The molecule has 1 amide bonds. The zero-order valence-corrected chi connectivity index (χ0v) is 35.6. The summed E-state index contributed by atoms with van der Waals surface area (Å²) in [7, 11) is 0. The van der Waals surface area contributed by atoms with Crippen molar-refractivity contribution < 1.29 is 53.8 Å². The fourth-order valence-electron chi connectivity index (χ4n) is 11.5. The van der Waals surface area contributed by atoms with Gasteiger partial charge in [-0.3, -0.25) is 0 Å². The number of carbonyl (C=O) groups is 3. The lowest BCUT2D eigenvalue weighted by Gasteiger charge is -2.72. The maximum atomic E-state index is 14.4. The second kappa shape index (κ2) is 15.0. The third-order valence-electron chi connectivity index (χ3n) is 14.1. The fourth-order valence-corrected chi connectivity index (χ4v) is 11.5. The molecule has 0 spiro atoms. The van der Waals surface area contributed by atoms with Crippen LogP contribution in [0.15, 0.2) is 41.5 Å². The van der Waals surface area contributed by atoms with Gasteiger partial charge in [-0.25, -0.2) is 14.4 Å². The quantitative estimate of drug-likeness (QED) is 0.117. The van der Waals surface area contributed by atoms with Gasteiger partial charge in [-0.05, 0) is 77.0 Å². The van der Waals surface area contributed by atoms with E-state index in [1.807, 2.05) is 55.4 Å². The van der Waals surface area contributed by atoms with Crippen molar-refractivity contribution >= 4 is 18.0 Å². The van der Waals surface area contributed by atoms with Crippen molar-refractivity contribution in [1.29, 1.82) is 0 Å². The molecule has 3 fully saturated rings. The molecule has 12 atom stereocenters. The number of aliphatic hydroxyl groups is 4. The minimum absolute atomic E-state index is 0.0231. The monoisotopic (exact) mass is 785 g/mol. The molecule has 5 rings (SSSR count).